The Morgan fingerprint density at radius 2 is 1.94 bits per heavy atom. The zero-order valence-corrected chi connectivity index (χ0v) is 10.1. The second-order valence-corrected chi connectivity index (χ2v) is 5.95. The van der Waals surface area contributed by atoms with E-state index in [9.17, 15) is 12.8 Å². The van der Waals surface area contributed by atoms with E-state index in [0.717, 1.165) is 12.1 Å². The molecule has 0 saturated heterocycles. The van der Waals surface area contributed by atoms with E-state index in [1.54, 1.807) is 19.0 Å². The van der Waals surface area contributed by atoms with Gasteiger partial charge in [0.1, 0.15) is 5.82 Å². The van der Waals surface area contributed by atoms with Crippen LogP contribution in [0.5, 0.6) is 0 Å². The van der Waals surface area contributed by atoms with E-state index in [1.165, 1.54) is 6.07 Å². The number of anilines is 1. The van der Waals surface area contributed by atoms with Gasteiger partial charge in [0.2, 0.25) is 0 Å². The number of benzene rings is 1. The van der Waals surface area contributed by atoms with Crippen molar-refractivity contribution in [2.75, 3.05) is 32.1 Å². The van der Waals surface area contributed by atoms with E-state index >= 15 is 0 Å². The lowest BCUT2D eigenvalue weighted by Crippen LogP contribution is -2.22. The smallest absolute Gasteiger partial charge is 0.179 e. The predicted molar refractivity (Wildman–Crippen MR) is 61.4 cm³/mol. The maximum absolute atomic E-state index is 13.0. The van der Waals surface area contributed by atoms with Crippen molar-refractivity contribution < 1.29 is 12.8 Å². The highest BCUT2D eigenvalue weighted by Crippen LogP contribution is 2.17. The Balaban J connectivity index is 2.98. The monoisotopic (exact) mass is 246 g/mol. The SMILES string of the molecule is CN(C)CCS(=O)(=O)c1cc(N)cc(F)c1. The van der Waals surface area contributed by atoms with Crippen LogP contribution < -0.4 is 5.73 Å². The van der Waals surface area contributed by atoms with Crippen LogP contribution in [-0.2, 0) is 9.84 Å². The van der Waals surface area contributed by atoms with Crippen LogP contribution in [0.15, 0.2) is 23.1 Å². The minimum absolute atomic E-state index is 0.0527. The van der Waals surface area contributed by atoms with Crippen LogP contribution in [0.4, 0.5) is 10.1 Å². The van der Waals surface area contributed by atoms with E-state index in [2.05, 4.69) is 0 Å². The summed E-state index contributed by atoms with van der Waals surface area (Å²) in [4.78, 5) is 1.69. The van der Waals surface area contributed by atoms with E-state index in [4.69, 9.17) is 5.73 Å². The zero-order valence-electron chi connectivity index (χ0n) is 9.27. The number of hydrogen-bond donors (Lipinski definition) is 1. The van der Waals surface area contributed by atoms with Crippen LogP contribution in [0.25, 0.3) is 0 Å². The number of sulfone groups is 1. The topological polar surface area (TPSA) is 63.4 Å². The molecule has 0 aliphatic carbocycles. The quantitative estimate of drug-likeness (QED) is 0.796. The summed E-state index contributed by atoms with van der Waals surface area (Å²) in [6.07, 6.45) is 0. The lowest BCUT2D eigenvalue weighted by atomic mass is 10.3. The van der Waals surface area contributed by atoms with Crippen LogP contribution in [0.1, 0.15) is 0 Å². The van der Waals surface area contributed by atoms with Crippen LogP contribution in [0, 0.1) is 5.82 Å². The lowest BCUT2D eigenvalue weighted by Gasteiger charge is -2.10. The summed E-state index contributed by atoms with van der Waals surface area (Å²) in [5.74, 6) is -0.688. The molecule has 0 aliphatic heterocycles. The van der Waals surface area contributed by atoms with Gasteiger partial charge >= 0.3 is 0 Å². The first-order valence-corrected chi connectivity index (χ1v) is 6.40. The molecule has 0 aliphatic rings. The lowest BCUT2D eigenvalue weighted by molar-refractivity contribution is 0.432. The fourth-order valence-electron chi connectivity index (χ4n) is 1.18. The third kappa shape index (κ3) is 3.46. The summed E-state index contributed by atoms with van der Waals surface area (Å²) in [5.41, 5.74) is 5.51. The van der Waals surface area contributed by atoms with Gasteiger partial charge in [-0.25, -0.2) is 12.8 Å². The normalized spacial score (nSPS) is 12.0. The molecule has 0 amide bonds. The molecule has 1 rings (SSSR count). The molecule has 0 fully saturated rings. The van der Waals surface area contributed by atoms with Crippen molar-refractivity contribution in [1.29, 1.82) is 0 Å². The minimum Gasteiger partial charge on any atom is -0.399 e. The molecule has 6 heteroatoms. The highest BCUT2D eigenvalue weighted by molar-refractivity contribution is 7.91. The van der Waals surface area contributed by atoms with E-state index in [-0.39, 0.29) is 16.3 Å². The second-order valence-electron chi connectivity index (χ2n) is 3.84. The minimum atomic E-state index is -3.46. The third-order valence-electron chi connectivity index (χ3n) is 2.06. The second kappa shape index (κ2) is 4.80. The molecule has 0 heterocycles. The van der Waals surface area contributed by atoms with Gasteiger partial charge in [0.25, 0.3) is 0 Å². The van der Waals surface area contributed by atoms with Gasteiger partial charge in [-0.05, 0) is 32.3 Å². The van der Waals surface area contributed by atoms with Gasteiger partial charge in [-0.3, -0.25) is 0 Å². The summed E-state index contributed by atoms with van der Waals surface area (Å²) in [5, 5.41) is 0. The summed E-state index contributed by atoms with van der Waals surface area (Å²) in [6, 6.07) is 3.35. The Morgan fingerprint density at radius 1 is 1.31 bits per heavy atom. The zero-order chi connectivity index (χ0) is 12.3. The third-order valence-corrected chi connectivity index (χ3v) is 3.73. The van der Waals surface area contributed by atoms with Gasteiger partial charge in [-0.1, -0.05) is 0 Å². The molecule has 0 unspecified atom stereocenters. The largest absolute Gasteiger partial charge is 0.399 e. The standard InChI is InChI=1S/C10H15FN2O2S/c1-13(2)3-4-16(14,15)10-6-8(11)5-9(12)7-10/h5-7H,3-4,12H2,1-2H3. The molecule has 0 aromatic heterocycles. The summed E-state index contributed by atoms with van der Waals surface area (Å²) in [7, 11) is 0.0845. The molecule has 0 radical (unpaired) electrons. The summed E-state index contributed by atoms with van der Waals surface area (Å²) in [6.45, 7) is 0.388. The van der Waals surface area contributed by atoms with E-state index in [0.29, 0.717) is 6.54 Å². The van der Waals surface area contributed by atoms with Crippen molar-refractivity contribution in [3.05, 3.63) is 24.0 Å². The number of rotatable bonds is 4. The molecule has 0 bridgehead atoms. The highest BCUT2D eigenvalue weighted by Gasteiger charge is 2.16. The number of hydrogen-bond acceptors (Lipinski definition) is 4. The number of halogens is 1. The number of nitrogens with zero attached hydrogens (tertiary/aromatic N) is 1. The average molecular weight is 246 g/mol. The van der Waals surface area contributed by atoms with Gasteiger partial charge in [-0.2, -0.15) is 0 Å². The van der Waals surface area contributed by atoms with Gasteiger partial charge < -0.3 is 10.6 Å². The molecular weight excluding hydrogens is 231 g/mol. The molecule has 0 saturated carbocycles. The van der Waals surface area contributed by atoms with Crippen LogP contribution in [-0.4, -0.2) is 39.7 Å². The Kier molecular flexibility index (Phi) is 3.88. The molecule has 90 valence electrons. The number of nitrogens with two attached hydrogens (primary N) is 1. The van der Waals surface area contributed by atoms with Crippen molar-refractivity contribution in [2.45, 2.75) is 4.90 Å². The Bertz CT molecular complexity index is 451. The van der Waals surface area contributed by atoms with Crippen molar-refractivity contribution in [3.63, 3.8) is 0 Å². The van der Waals surface area contributed by atoms with Crippen molar-refractivity contribution in [1.82, 2.24) is 4.90 Å². The highest BCUT2D eigenvalue weighted by atomic mass is 32.2. The molecular formula is C10H15FN2O2S. The Morgan fingerprint density at radius 3 is 2.44 bits per heavy atom. The van der Waals surface area contributed by atoms with Crippen LogP contribution >= 0.6 is 0 Å². The number of nitrogen functional groups attached to an aromatic ring is 1. The predicted octanol–water partition coefficient (Wildman–Crippen LogP) is 0.743. The maximum atomic E-state index is 13.0. The first kappa shape index (κ1) is 12.9. The van der Waals surface area contributed by atoms with E-state index in [1.807, 2.05) is 0 Å². The van der Waals surface area contributed by atoms with Crippen LogP contribution in [0.3, 0.4) is 0 Å². The molecule has 2 N–H and O–H groups in total. The maximum Gasteiger partial charge on any atom is 0.179 e. The molecule has 0 spiro atoms. The Hall–Kier alpha value is -1.14. The van der Waals surface area contributed by atoms with Crippen LogP contribution in [0.2, 0.25) is 0 Å². The molecule has 1 aromatic carbocycles. The summed E-state index contributed by atoms with van der Waals surface area (Å²) < 4.78 is 36.6. The average Bonchev–Trinajstić information content (AvgIpc) is 2.13. The van der Waals surface area contributed by atoms with E-state index < -0.39 is 15.7 Å². The molecule has 4 nitrogen and oxygen atoms in total. The molecule has 1 aromatic rings. The Labute approximate surface area is 94.8 Å². The van der Waals surface area contributed by atoms with Gasteiger partial charge in [-0.15, -0.1) is 0 Å². The molecule has 0 atom stereocenters. The molecule has 16 heavy (non-hydrogen) atoms. The van der Waals surface area contributed by atoms with Gasteiger partial charge in [0.05, 0.1) is 10.6 Å². The van der Waals surface area contributed by atoms with Gasteiger partial charge in [0, 0.05) is 12.2 Å². The fraction of sp³-hybridized carbons (Fsp3) is 0.400. The fourth-order valence-corrected chi connectivity index (χ4v) is 2.63. The van der Waals surface area contributed by atoms with Crippen molar-refractivity contribution >= 4 is 15.5 Å². The van der Waals surface area contributed by atoms with Crippen molar-refractivity contribution in [2.24, 2.45) is 0 Å². The summed E-state index contributed by atoms with van der Waals surface area (Å²) >= 11 is 0. The first-order valence-electron chi connectivity index (χ1n) is 4.75. The van der Waals surface area contributed by atoms with Gasteiger partial charge in [0.15, 0.2) is 9.84 Å². The van der Waals surface area contributed by atoms with Crippen molar-refractivity contribution in [3.8, 4) is 0 Å². The first-order chi connectivity index (χ1) is 7.31.